The Balaban J connectivity index is 0.951. The minimum Gasteiger partial charge on any atom is -0.311 e. The molecule has 0 spiro atoms. The summed E-state index contributed by atoms with van der Waals surface area (Å²) in [6.45, 7) is -0.0839. The molecule has 17 rings (SSSR count). The molecule has 2 aliphatic heterocycles. The van der Waals surface area contributed by atoms with Gasteiger partial charge in [0, 0.05) is 74.2 Å². The summed E-state index contributed by atoms with van der Waals surface area (Å²) in [6, 6.07) is 111. The van der Waals surface area contributed by atoms with Gasteiger partial charge in [-0.1, -0.05) is 200 Å². The number of anilines is 6. The highest BCUT2D eigenvalue weighted by molar-refractivity contribution is 7.26. The molecule has 386 valence electrons. The van der Waals surface area contributed by atoms with Crippen molar-refractivity contribution in [2.75, 3.05) is 9.80 Å². The summed E-state index contributed by atoms with van der Waals surface area (Å²) in [5.74, 6) is 0. The van der Waals surface area contributed by atoms with Gasteiger partial charge in [-0.15, -0.1) is 22.7 Å². The molecular weight excluding hydrogens is 1040 g/mol. The van der Waals surface area contributed by atoms with Crippen LogP contribution in [0.5, 0.6) is 0 Å². The van der Waals surface area contributed by atoms with Gasteiger partial charge in [-0.3, -0.25) is 0 Å². The predicted octanol–water partition coefficient (Wildman–Crippen LogP) is 20.5. The van der Waals surface area contributed by atoms with Crippen LogP contribution in [0.15, 0.2) is 297 Å². The number of rotatable bonds is 8. The molecule has 0 atom stereocenters. The van der Waals surface area contributed by atoms with Crippen molar-refractivity contribution in [2.45, 2.75) is 0 Å². The van der Waals surface area contributed by atoms with Crippen LogP contribution >= 0.6 is 22.7 Å². The van der Waals surface area contributed by atoms with Crippen molar-refractivity contribution in [1.82, 2.24) is 0 Å². The van der Waals surface area contributed by atoms with Crippen molar-refractivity contribution in [3.63, 3.8) is 0 Å². The standard InChI is InChI=1S/C78H49BN2S2/c1-5-22-50(23-6-1)54-40-55(51-24-7-2-8-25-51)43-58(42-54)60-30-13-17-34-68(60)80-70-36-21-37-71-78(70)79(66-48-76-64(46-72(66)80)62-32-15-19-38-74(62)82-76)67-49-77-65(63-33-16-20-39-75(63)83-77)47-73(67)81(71)69-35-18-14-31-61(69)59-44-56(52-26-9-3-10-27-52)41-57(45-59)53-28-11-4-12-29-53/h1-49H. The van der Waals surface area contributed by atoms with Gasteiger partial charge < -0.3 is 9.80 Å². The molecule has 2 aliphatic rings. The quantitative estimate of drug-likeness (QED) is 0.140. The van der Waals surface area contributed by atoms with E-state index in [9.17, 15) is 0 Å². The fourth-order valence-corrected chi connectivity index (χ4v) is 15.7. The Kier molecular flexibility index (Phi) is 11.1. The first-order chi connectivity index (χ1) is 41.1. The molecule has 0 saturated heterocycles. The van der Waals surface area contributed by atoms with E-state index in [1.54, 1.807) is 0 Å². The molecule has 0 aliphatic carbocycles. The van der Waals surface area contributed by atoms with Crippen LogP contribution in [-0.2, 0) is 0 Å². The maximum Gasteiger partial charge on any atom is 0.252 e. The second kappa shape index (κ2) is 19.3. The topological polar surface area (TPSA) is 6.48 Å². The lowest BCUT2D eigenvalue weighted by Crippen LogP contribution is -2.61. The first kappa shape index (κ1) is 47.7. The van der Waals surface area contributed by atoms with Gasteiger partial charge in [-0.2, -0.15) is 0 Å². The second-order valence-electron chi connectivity index (χ2n) is 21.9. The summed E-state index contributed by atoms with van der Waals surface area (Å²) in [7, 11) is 0. The number of hydrogen-bond donors (Lipinski definition) is 0. The molecule has 0 N–H and O–H groups in total. The Bertz CT molecular complexity index is 4620. The molecule has 0 fully saturated rings. The lowest BCUT2D eigenvalue weighted by Gasteiger charge is -2.44. The summed E-state index contributed by atoms with van der Waals surface area (Å²) >= 11 is 3.80. The number of para-hydroxylation sites is 2. The van der Waals surface area contributed by atoms with Crippen LogP contribution in [0.3, 0.4) is 0 Å². The average molecular weight is 1090 g/mol. The second-order valence-corrected chi connectivity index (χ2v) is 24.1. The SMILES string of the molecule is c1ccc(-c2cc(-c3ccccc3)cc(-c3ccccc3N3c4cc5c(cc4B4c6cc7sc8ccccc8c7cc6N(c6ccccc6-c6cc(-c7ccccc7)cc(-c7ccccc7)c6)c6cccc3c64)sc3ccccc35)c2)cc1. The average Bonchev–Trinajstić information content (AvgIpc) is 1.92. The summed E-state index contributed by atoms with van der Waals surface area (Å²) in [5.41, 5.74) is 25.1. The number of fused-ring (bicyclic) bond motifs is 10. The molecular formula is C78H49BN2S2. The normalized spacial score (nSPS) is 12.5. The van der Waals surface area contributed by atoms with E-state index in [0.717, 1.165) is 33.6 Å². The van der Waals surface area contributed by atoms with Crippen molar-refractivity contribution >= 4 is 120 Å². The van der Waals surface area contributed by atoms with E-state index in [2.05, 4.69) is 307 Å². The molecule has 4 heterocycles. The van der Waals surface area contributed by atoms with E-state index in [1.807, 2.05) is 22.7 Å². The third kappa shape index (κ3) is 7.84. The van der Waals surface area contributed by atoms with Crippen molar-refractivity contribution in [3.05, 3.63) is 297 Å². The van der Waals surface area contributed by atoms with Gasteiger partial charge in [-0.25, -0.2) is 0 Å². The number of nitrogens with zero attached hydrogens (tertiary/aromatic N) is 2. The van der Waals surface area contributed by atoms with E-state index in [4.69, 9.17) is 0 Å². The lowest BCUT2D eigenvalue weighted by molar-refractivity contribution is 1.26. The van der Waals surface area contributed by atoms with Crippen LogP contribution in [-0.4, -0.2) is 6.71 Å². The predicted molar refractivity (Wildman–Crippen MR) is 359 cm³/mol. The van der Waals surface area contributed by atoms with Gasteiger partial charge in [0.25, 0.3) is 6.71 Å². The maximum absolute atomic E-state index is 2.62. The molecule has 13 aromatic carbocycles. The minimum absolute atomic E-state index is 0.0839. The Labute approximate surface area is 490 Å². The Morgan fingerprint density at radius 1 is 0.217 bits per heavy atom. The van der Waals surface area contributed by atoms with Crippen LogP contribution in [0.1, 0.15) is 0 Å². The summed E-state index contributed by atoms with van der Waals surface area (Å²) in [4.78, 5) is 5.23. The monoisotopic (exact) mass is 1090 g/mol. The highest BCUT2D eigenvalue weighted by atomic mass is 32.1. The van der Waals surface area contributed by atoms with Gasteiger partial charge in [0.2, 0.25) is 0 Å². The van der Waals surface area contributed by atoms with Gasteiger partial charge in [0.05, 0.1) is 11.4 Å². The molecule has 0 amide bonds. The lowest BCUT2D eigenvalue weighted by atomic mass is 9.33. The number of hydrogen-bond acceptors (Lipinski definition) is 4. The van der Waals surface area contributed by atoms with Crippen molar-refractivity contribution in [3.8, 4) is 66.8 Å². The highest BCUT2D eigenvalue weighted by Gasteiger charge is 2.44. The zero-order chi connectivity index (χ0) is 54.5. The molecule has 2 aromatic heterocycles. The van der Waals surface area contributed by atoms with Gasteiger partial charge >= 0.3 is 0 Å². The molecule has 0 saturated carbocycles. The van der Waals surface area contributed by atoms with E-state index in [0.29, 0.717) is 0 Å². The summed E-state index contributed by atoms with van der Waals surface area (Å²) < 4.78 is 5.19. The molecule has 5 heteroatoms. The van der Waals surface area contributed by atoms with Crippen LogP contribution in [0.4, 0.5) is 34.1 Å². The van der Waals surface area contributed by atoms with Crippen molar-refractivity contribution in [1.29, 1.82) is 0 Å². The molecule has 0 bridgehead atoms. The highest BCUT2D eigenvalue weighted by Crippen LogP contribution is 2.51. The van der Waals surface area contributed by atoms with E-state index < -0.39 is 0 Å². The third-order valence-corrected chi connectivity index (χ3v) is 19.5. The van der Waals surface area contributed by atoms with Gasteiger partial charge in [0.15, 0.2) is 0 Å². The van der Waals surface area contributed by atoms with E-state index >= 15 is 0 Å². The van der Waals surface area contributed by atoms with Crippen LogP contribution in [0.25, 0.3) is 107 Å². The Morgan fingerprint density at radius 3 is 0.940 bits per heavy atom. The van der Waals surface area contributed by atoms with Crippen LogP contribution in [0, 0.1) is 0 Å². The van der Waals surface area contributed by atoms with Crippen LogP contribution in [0.2, 0.25) is 0 Å². The van der Waals surface area contributed by atoms with Crippen LogP contribution < -0.4 is 26.2 Å². The summed E-state index contributed by atoms with van der Waals surface area (Å²) in [6.07, 6.45) is 0. The largest absolute Gasteiger partial charge is 0.311 e. The first-order valence-corrected chi connectivity index (χ1v) is 30.1. The molecule has 15 aromatic rings. The molecule has 2 nitrogen and oxygen atoms in total. The first-order valence-electron chi connectivity index (χ1n) is 28.5. The van der Waals surface area contributed by atoms with E-state index in [1.165, 1.54) is 124 Å². The zero-order valence-corrected chi connectivity index (χ0v) is 46.7. The van der Waals surface area contributed by atoms with Crippen molar-refractivity contribution < 1.29 is 0 Å². The Hall–Kier alpha value is -10.0. The molecule has 0 radical (unpaired) electrons. The maximum atomic E-state index is 2.62. The molecule has 83 heavy (non-hydrogen) atoms. The smallest absolute Gasteiger partial charge is 0.252 e. The zero-order valence-electron chi connectivity index (χ0n) is 45.1. The van der Waals surface area contributed by atoms with E-state index in [-0.39, 0.29) is 6.71 Å². The Morgan fingerprint density at radius 2 is 0.542 bits per heavy atom. The fourth-order valence-electron chi connectivity index (χ4n) is 13.5. The summed E-state index contributed by atoms with van der Waals surface area (Å²) in [5, 5.41) is 5.14. The van der Waals surface area contributed by atoms with Gasteiger partial charge in [0.1, 0.15) is 0 Å². The number of thiophene rings is 2. The minimum atomic E-state index is -0.0839. The number of benzene rings is 13. The molecule has 0 unspecified atom stereocenters. The third-order valence-electron chi connectivity index (χ3n) is 17.2. The fraction of sp³-hybridized carbons (Fsp3) is 0. The van der Waals surface area contributed by atoms with Crippen molar-refractivity contribution in [2.24, 2.45) is 0 Å². The van der Waals surface area contributed by atoms with Gasteiger partial charge in [-0.05, 0) is 169 Å².